The summed E-state index contributed by atoms with van der Waals surface area (Å²) < 4.78 is 4.41. The van der Waals surface area contributed by atoms with Gasteiger partial charge in [-0.25, -0.2) is 9.59 Å². The fourth-order valence-corrected chi connectivity index (χ4v) is 1.42. The van der Waals surface area contributed by atoms with E-state index in [0.29, 0.717) is 5.56 Å². The maximum absolute atomic E-state index is 11.2. The summed E-state index contributed by atoms with van der Waals surface area (Å²) in [5, 5.41) is 9.46. The topological polar surface area (TPSA) is 63.6 Å². The standard InChI is InChI=1S/C11H8O4/c1-2-9(12)6-3-4-7-8(5-6)11(14)15-10(7)13/h2-5,9,12H,1H2. The van der Waals surface area contributed by atoms with Gasteiger partial charge in [0.1, 0.15) is 0 Å². The second-order valence-corrected chi connectivity index (χ2v) is 3.16. The van der Waals surface area contributed by atoms with Crippen molar-refractivity contribution in [2.75, 3.05) is 0 Å². The molecule has 4 nitrogen and oxygen atoms in total. The van der Waals surface area contributed by atoms with E-state index in [2.05, 4.69) is 11.3 Å². The quantitative estimate of drug-likeness (QED) is 0.447. The summed E-state index contributed by atoms with van der Waals surface area (Å²) >= 11 is 0. The van der Waals surface area contributed by atoms with E-state index in [-0.39, 0.29) is 11.1 Å². The van der Waals surface area contributed by atoms with Crippen molar-refractivity contribution in [3.63, 3.8) is 0 Å². The van der Waals surface area contributed by atoms with Crippen LogP contribution in [0.4, 0.5) is 0 Å². The van der Waals surface area contributed by atoms with Gasteiger partial charge in [-0.2, -0.15) is 0 Å². The van der Waals surface area contributed by atoms with Crippen LogP contribution in [0.5, 0.6) is 0 Å². The van der Waals surface area contributed by atoms with Crippen LogP contribution in [0.1, 0.15) is 32.4 Å². The zero-order valence-electron chi connectivity index (χ0n) is 7.77. The van der Waals surface area contributed by atoms with Crippen LogP contribution in [0.3, 0.4) is 0 Å². The molecule has 1 aromatic rings. The average Bonchev–Trinajstić information content (AvgIpc) is 2.53. The highest BCUT2D eigenvalue weighted by Gasteiger charge is 2.29. The van der Waals surface area contributed by atoms with Crippen molar-refractivity contribution in [3.8, 4) is 0 Å². The molecule has 0 spiro atoms. The molecule has 1 aliphatic heterocycles. The number of hydrogen-bond donors (Lipinski definition) is 1. The zero-order valence-corrected chi connectivity index (χ0v) is 7.77. The fraction of sp³-hybridized carbons (Fsp3) is 0.0909. The largest absolute Gasteiger partial charge is 0.386 e. The highest BCUT2D eigenvalue weighted by atomic mass is 16.6. The average molecular weight is 204 g/mol. The molecule has 1 heterocycles. The van der Waals surface area contributed by atoms with Gasteiger partial charge in [0.25, 0.3) is 0 Å². The molecule has 1 aliphatic rings. The van der Waals surface area contributed by atoms with Gasteiger partial charge in [0.2, 0.25) is 0 Å². The molecule has 0 bridgehead atoms. The summed E-state index contributed by atoms with van der Waals surface area (Å²) in [6.07, 6.45) is 0.489. The Balaban J connectivity index is 2.51. The molecule has 1 unspecified atom stereocenters. The van der Waals surface area contributed by atoms with Crippen LogP contribution in [0, 0.1) is 0 Å². The normalized spacial score (nSPS) is 15.8. The lowest BCUT2D eigenvalue weighted by molar-refractivity contribution is 0.0444. The minimum Gasteiger partial charge on any atom is -0.386 e. The van der Waals surface area contributed by atoms with Gasteiger partial charge in [0.05, 0.1) is 17.2 Å². The third-order valence-electron chi connectivity index (χ3n) is 2.23. The maximum atomic E-state index is 11.2. The molecular formula is C11H8O4. The van der Waals surface area contributed by atoms with Crippen LogP contribution >= 0.6 is 0 Å². The third-order valence-corrected chi connectivity index (χ3v) is 2.23. The number of rotatable bonds is 2. The second-order valence-electron chi connectivity index (χ2n) is 3.16. The van der Waals surface area contributed by atoms with Gasteiger partial charge in [-0.15, -0.1) is 6.58 Å². The minimum absolute atomic E-state index is 0.193. The summed E-state index contributed by atoms with van der Waals surface area (Å²) in [7, 11) is 0. The van der Waals surface area contributed by atoms with E-state index in [1.807, 2.05) is 0 Å². The maximum Gasteiger partial charge on any atom is 0.346 e. The minimum atomic E-state index is -0.848. The Labute approximate surface area is 85.8 Å². The van der Waals surface area contributed by atoms with E-state index >= 15 is 0 Å². The molecule has 0 saturated heterocycles. The summed E-state index contributed by atoms with van der Waals surface area (Å²) in [5.41, 5.74) is 0.939. The van der Waals surface area contributed by atoms with Crippen molar-refractivity contribution >= 4 is 11.9 Å². The number of carbonyl (C=O) groups is 2. The van der Waals surface area contributed by atoms with E-state index < -0.39 is 18.0 Å². The molecule has 0 aromatic heterocycles. The zero-order chi connectivity index (χ0) is 11.0. The van der Waals surface area contributed by atoms with Crippen LogP contribution in [0.15, 0.2) is 30.9 Å². The first kappa shape index (κ1) is 9.61. The molecule has 0 saturated carbocycles. The molecule has 0 aliphatic carbocycles. The molecule has 76 valence electrons. The number of esters is 2. The summed E-state index contributed by atoms with van der Waals surface area (Å²) in [4.78, 5) is 22.3. The Morgan fingerprint density at radius 1 is 1.27 bits per heavy atom. The number of carbonyl (C=O) groups excluding carboxylic acids is 2. The lowest BCUT2D eigenvalue weighted by Crippen LogP contribution is -1.98. The Hall–Kier alpha value is -1.94. The van der Waals surface area contributed by atoms with E-state index in [4.69, 9.17) is 0 Å². The van der Waals surface area contributed by atoms with Gasteiger partial charge in [-0.3, -0.25) is 0 Å². The molecular weight excluding hydrogens is 196 g/mol. The van der Waals surface area contributed by atoms with Crippen LogP contribution in [0.25, 0.3) is 0 Å². The molecule has 0 amide bonds. The lowest BCUT2D eigenvalue weighted by atomic mass is 10.0. The predicted octanol–water partition coefficient (Wildman–Crippen LogP) is 1.22. The van der Waals surface area contributed by atoms with Gasteiger partial charge in [-0.05, 0) is 17.7 Å². The third kappa shape index (κ3) is 1.45. The van der Waals surface area contributed by atoms with Crippen LogP contribution in [-0.2, 0) is 4.74 Å². The van der Waals surface area contributed by atoms with E-state index in [1.165, 1.54) is 18.2 Å². The Kier molecular flexibility index (Phi) is 2.13. The SMILES string of the molecule is C=CC(O)c1ccc2c(c1)C(=O)OC2=O. The van der Waals surface area contributed by atoms with Gasteiger partial charge in [0, 0.05) is 0 Å². The first-order valence-electron chi connectivity index (χ1n) is 4.34. The summed E-state index contributed by atoms with van der Waals surface area (Å²) in [6, 6.07) is 4.46. The molecule has 15 heavy (non-hydrogen) atoms. The molecule has 2 rings (SSSR count). The van der Waals surface area contributed by atoms with E-state index in [9.17, 15) is 14.7 Å². The number of hydrogen-bond acceptors (Lipinski definition) is 4. The van der Waals surface area contributed by atoms with E-state index in [1.54, 1.807) is 6.07 Å². The molecule has 0 radical (unpaired) electrons. The number of aliphatic hydroxyl groups is 1. The second kappa shape index (κ2) is 3.33. The van der Waals surface area contributed by atoms with E-state index in [0.717, 1.165) is 0 Å². The summed E-state index contributed by atoms with van der Waals surface area (Å²) in [5.74, 6) is -1.32. The summed E-state index contributed by atoms with van der Waals surface area (Å²) in [6.45, 7) is 3.43. The van der Waals surface area contributed by atoms with Crippen molar-refractivity contribution in [2.45, 2.75) is 6.10 Å². The fourth-order valence-electron chi connectivity index (χ4n) is 1.42. The first-order valence-corrected chi connectivity index (χ1v) is 4.34. The number of ether oxygens (including phenoxy) is 1. The highest BCUT2D eigenvalue weighted by Crippen LogP contribution is 2.24. The monoisotopic (exact) mass is 204 g/mol. The van der Waals surface area contributed by atoms with Crippen molar-refractivity contribution in [1.29, 1.82) is 0 Å². The molecule has 1 aromatic carbocycles. The van der Waals surface area contributed by atoms with Gasteiger partial charge in [0.15, 0.2) is 0 Å². The van der Waals surface area contributed by atoms with Crippen LogP contribution in [0.2, 0.25) is 0 Å². The molecule has 1 N–H and O–H groups in total. The van der Waals surface area contributed by atoms with Gasteiger partial charge < -0.3 is 9.84 Å². The van der Waals surface area contributed by atoms with Crippen molar-refractivity contribution in [3.05, 3.63) is 47.5 Å². The highest BCUT2D eigenvalue weighted by molar-refractivity contribution is 6.14. The smallest absolute Gasteiger partial charge is 0.346 e. The predicted molar refractivity (Wildman–Crippen MR) is 51.3 cm³/mol. The van der Waals surface area contributed by atoms with Crippen LogP contribution < -0.4 is 0 Å². The first-order chi connectivity index (χ1) is 7.13. The number of benzene rings is 1. The number of aliphatic hydroxyl groups excluding tert-OH is 1. The molecule has 0 fully saturated rings. The van der Waals surface area contributed by atoms with Gasteiger partial charge in [-0.1, -0.05) is 12.1 Å². The molecule has 4 heteroatoms. The number of fused-ring (bicyclic) bond motifs is 1. The van der Waals surface area contributed by atoms with Crippen LogP contribution in [-0.4, -0.2) is 17.0 Å². The van der Waals surface area contributed by atoms with Crippen molar-refractivity contribution in [2.24, 2.45) is 0 Å². The number of cyclic esters (lactones) is 2. The Morgan fingerprint density at radius 2 is 1.93 bits per heavy atom. The molecule has 1 atom stereocenters. The lowest BCUT2D eigenvalue weighted by Gasteiger charge is -2.05. The Bertz CT molecular complexity index is 462. The Morgan fingerprint density at radius 3 is 2.60 bits per heavy atom. The van der Waals surface area contributed by atoms with Crippen molar-refractivity contribution < 1.29 is 19.4 Å². The van der Waals surface area contributed by atoms with Gasteiger partial charge >= 0.3 is 11.9 Å². The van der Waals surface area contributed by atoms with Crippen molar-refractivity contribution in [1.82, 2.24) is 0 Å².